The van der Waals surface area contributed by atoms with E-state index in [1.165, 1.54) is 0 Å². The summed E-state index contributed by atoms with van der Waals surface area (Å²) in [6, 6.07) is 7.17. The molecule has 0 aliphatic carbocycles. The summed E-state index contributed by atoms with van der Waals surface area (Å²) in [6.07, 6.45) is 5.18. The second kappa shape index (κ2) is 8.40. The van der Waals surface area contributed by atoms with Crippen LogP contribution in [0.5, 0.6) is 11.5 Å². The first-order valence-corrected chi connectivity index (χ1v) is 9.68. The highest BCUT2D eigenvalue weighted by molar-refractivity contribution is 5.95. The van der Waals surface area contributed by atoms with E-state index in [9.17, 15) is 4.79 Å². The first kappa shape index (κ1) is 19.7. The fraction of sp³-hybridized carbons (Fsp3) is 0.333. The molecule has 0 N–H and O–H groups in total. The van der Waals surface area contributed by atoms with Crippen LogP contribution in [0.3, 0.4) is 0 Å². The van der Waals surface area contributed by atoms with Gasteiger partial charge in [0.15, 0.2) is 0 Å². The lowest BCUT2D eigenvalue weighted by atomic mass is 10.1. The van der Waals surface area contributed by atoms with Gasteiger partial charge in [0.05, 0.1) is 14.2 Å². The van der Waals surface area contributed by atoms with Crippen molar-refractivity contribution in [1.29, 1.82) is 0 Å². The van der Waals surface area contributed by atoms with E-state index in [2.05, 4.69) is 19.9 Å². The zero-order valence-electron chi connectivity index (χ0n) is 17.3. The van der Waals surface area contributed by atoms with Crippen LogP contribution in [0.1, 0.15) is 16.2 Å². The molecule has 9 heteroatoms. The predicted octanol–water partition coefficient (Wildman–Crippen LogP) is 1.95. The number of anilines is 1. The quantitative estimate of drug-likeness (QED) is 0.638. The molecular formula is C21H24N6O3. The van der Waals surface area contributed by atoms with Gasteiger partial charge in [-0.15, -0.1) is 0 Å². The maximum atomic E-state index is 13.0. The van der Waals surface area contributed by atoms with E-state index in [4.69, 9.17) is 9.47 Å². The molecule has 0 saturated carbocycles. The highest BCUT2D eigenvalue weighted by Crippen LogP contribution is 2.24. The molecule has 1 aromatic carbocycles. The van der Waals surface area contributed by atoms with E-state index >= 15 is 0 Å². The minimum absolute atomic E-state index is 0.0377. The standard InChI is InChI=1S/C21H24N6O3/c1-15-22-4-5-27(15)20-13-19(23-14-24-20)25-6-8-26(9-7-25)21(28)16-10-17(29-2)12-18(11-16)30-3/h4-5,10-14H,6-9H2,1-3H3. The molecule has 9 nitrogen and oxygen atoms in total. The Morgan fingerprint density at radius 1 is 0.900 bits per heavy atom. The fourth-order valence-corrected chi connectivity index (χ4v) is 3.51. The molecule has 0 atom stereocenters. The highest BCUT2D eigenvalue weighted by atomic mass is 16.5. The average molecular weight is 408 g/mol. The Balaban J connectivity index is 1.46. The van der Waals surface area contributed by atoms with Gasteiger partial charge in [0, 0.05) is 56.3 Å². The third-order valence-corrected chi connectivity index (χ3v) is 5.20. The zero-order valence-corrected chi connectivity index (χ0v) is 17.3. The van der Waals surface area contributed by atoms with Gasteiger partial charge in [-0.25, -0.2) is 15.0 Å². The molecule has 1 aliphatic heterocycles. The Morgan fingerprint density at radius 3 is 2.17 bits per heavy atom. The Hall–Kier alpha value is -3.62. The Kier molecular flexibility index (Phi) is 5.51. The molecule has 1 amide bonds. The number of benzene rings is 1. The number of piperazine rings is 1. The maximum absolute atomic E-state index is 13.0. The molecule has 0 radical (unpaired) electrons. The van der Waals surface area contributed by atoms with Crippen LogP contribution in [-0.4, -0.2) is 70.7 Å². The van der Waals surface area contributed by atoms with Crippen molar-refractivity contribution >= 4 is 11.7 Å². The number of methoxy groups -OCH3 is 2. The molecule has 0 spiro atoms. The second-order valence-electron chi connectivity index (χ2n) is 6.96. The monoisotopic (exact) mass is 408 g/mol. The van der Waals surface area contributed by atoms with Crippen molar-refractivity contribution in [3.63, 3.8) is 0 Å². The number of imidazole rings is 1. The minimum atomic E-state index is -0.0377. The van der Waals surface area contributed by atoms with Gasteiger partial charge >= 0.3 is 0 Å². The molecule has 0 bridgehead atoms. The van der Waals surface area contributed by atoms with Crippen LogP contribution >= 0.6 is 0 Å². The number of aryl methyl sites for hydroxylation is 1. The van der Waals surface area contributed by atoms with Gasteiger partial charge in [-0.2, -0.15) is 0 Å². The number of hydrogen-bond donors (Lipinski definition) is 0. The lowest BCUT2D eigenvalue weighted by Crippen LogP contribution is -2.49. The SMILES string of the molecule is COc1cc(OC)cc(C(=O)N2CCN(c3cc(-n4ccnc4C)ncn3)CC2)c1. The number of carbonyl (C=O) groups excluding carboxylic acids is 1. The average Bonchev–Trinajstić information content (AvgIpc) is 3.24. The van der Waals surface area contributed by atoms with Gasteiger partial charge in [0.1, 0.15) is 35.3 Å². The van der Waals surface area contributed by atoms with E-state index in [1.54, 1.807) is 44.9 Å². The van der Waals surface area contributed by atoms with Gasteiger partial charge in [-0.3, -0.25) is 9.36 Å². The lowest BCUT2D eigenvalue weighted by Gasteiger charge is -2.35. The number of carbonyl (C=O) groups is 1. The first-order valence-electron chi connectivity index (χ1n) is 9.68. The van der Waals surface area contributed by atoms with Crippen molar-refractivity contribution in [2.45, 2.75) is 6.92 Å². The molecule has 4 rings (SSSR count). The second-order valence-corrected chi connectivity index (χ2v) is 6.96. The summed E-state index contributed by atoms with van der Waals surface area (Å²) >= 11 is 0. The highest BCUT2D eigenvalue weighted by Gasteiger charge is 2.24. The molecule has 0 unspecified atom stereocenters. The van der Waals surface area contributed by atoms with Gasteiger partial charge in [-0.05, 0) is 19.1 Å². The summed E-state index contributed by atoms with van der Waals surface area (Å²) in [5.41, 5.74) is 0.555. The van der Waals surface area contributed by atoms with Crippen molar-refractivity contribution in [1.82, 2.24) is 24.4 Å². The van der Waals surface area contributed by atoms with Crippen LogP contribution in [0, 0.1) is 6.92 Å². The van der Waals surface area contributed by atoms with Crippen molar-refractivity contribution in [2.75, 3.05) is 45.3 Å². The van der Waals surface area contributed by atoms with Crippen LogP contribution in [0.25, 0.3) is 5.82 Å². The molecule has 1 fully saturated rings. The number of ether oxygens (including phenoxy) is 2. The topological polar surface area (TPSA) is 85.6 Å². The summed E-state index contributed by atoms with van der Waals surface area (Å²) < 4.78 is 12.5. The van der Waals surface area contributed by atoms with Crippen molar-refractivity contribution < 1.29 is 14.3 Å². The molecule has 1 aliphatic rings. The smallest absolute Gasteiger partial charge is 0.254 e. The van der Waals surface area contributed by atoms with Crippen LogP contribution in [0.15, 0.2) is 43.0 Å². The van der Waals surface area contributed by atoms with Crippen molar-refractivity contribution in [3.05, 3.63) is 54.4 Å². The molecule has 2 aromatic heterocycles. The van der Waals surface area contributed by atoms with Crippen LogP contribution in [0.4, 0.5) is 5.82 Å². The largest absolute Gasteiger partial charge is 0.497 e. The summed E-state index contributed by atoms with van der Waals surface area (Å²) in [5.74, 6) is 3.63. The van der Waals surface area contributed by atoms with E-state index in [0.29, 0.717) is 43.2 Å². The van der Waals surface area contributed by atoms with E-state index in [-0.39, 0.29) is 5.91 Å². The number of hydrogen-bond acceptors (Lipinski definition) is 7. The van der Waals surface area contributed by atoms with Gasteiger partial charge in [-0.1, -0.05) is 0 Å². The summed E-state index contributed by atoms with van der Waals surface area (Å²) in [4.78, 5) is 30.0. The van der Waals surface area contributed by atoms with Gasteiger partial charge < -0.3 is 19.3 Å². The number of amides is 1. The third kappa shape index (κ3) is 3.91. The summed E-state index contributed by atoms with van der Waals surface area (Å²) in [7, 11) is 3.14. The third-order valence-electron chi connectivity index (χ3n) is 5.20. The van der Waals surface area contributed by atoms with Gasteiger partial charge in [0.2, 0.25) is 0 Å². The lowest BCUT2D eigenvalue weighted by molar-refractivity contribution is 0.0745. The van der Waals surface area contributed by atoms with Crippen LogP contribution < -0.4 is 14.4 Å². The molecule has 3 heterocycles. The number of aromatic nitrogens is 4. The van der Waals surface area contributed by atoms with Crippen LogP contribution in [-0.2, 0) is 0 Å². The first-order chi connectivity index (χ1) is 14.6. The number of nitrogens with zero attached hydrogens (tertiary/aromatic N) is 6. The predicted molar refractivity (Wildman–Crippen MR) is 112 cm³/mol. The summed E-state index contributed by atoms with van der Waals surface area (Å²) in [6.45, 7) is 4.50. The fourth-order valence-electron chi connectivity index (χ4n) is 3.51. The maximum Gasteiger partial charge on any atom is 0.254 e. The van der Waals surface area contributed by atoms with Crippen LogP contribution in [0.2, 0.25) is 0 Å². The summed E-state index contributed by atoms with van der Waals surface area (Å²) in [5, 5.41) is 0. The Morgan fingerprint density at radius 2 is 1.57 bits per heavy atom. The minimum Gasteiger partial charge on any atom is -0.497 e. The Bertz CT molecular complexity index is 1020. The van der Waals surface area contributed by atoms with Crippen molar-refractivity contribution in [2.24, 2.45) is 0 Å². The van der Waals surface area contributed by atoms with E-state index in [1.807, 2.05) is 28.7 Å². The molecular weight excluding hydrogens is 384 g/mol. The van der Waals surface area contributed by atoms with Gasteiger partial charge in [0.25, 0.3) is 5.91 Å². The van der Waals surface area contributed by atoms with E-state index in [0.717, 1.165) is 17.5 Å². The Labute approximate surface area is 174 Å². The normalized spacial score (nSPS) is 14.0. The van der Waals surface area contributed by atoms with Crippen molar-refractivity contribution in [3.8, 4) is 17.3 Å². The molecule has 30 heavy (non-hydrogen) atoms. The number of rotatable bonds is 5. The zero-order chi connectivity index (χ0) is 21.1. The molecule has 156 valence electrons. The molecule has 1 saturated heterocycles. The van der Waals surface area contributed by atoms with E-state index < -0.39 is 0 Å². The molecule has 3 aromatic rings.